The predicted octanol–water partition coefficient (Wildman–Crippen LogP) is 2.17. The topological polar surface area (TPSA) is 29.4 Å². The van der Waals surface area contributed by atoms with E-state index in [1.165, 1.54) is 30.9 Å². The normalized spacial score (nSPS) is 17.8. The molecule has 0 aromatic rings. The first kappa shape index (κ1) is 7.23. The average molecular weight is 137 g/mol. The number of isocyanates is 1. The van der Waals surface area contributed by atoms with Gasteiger partial charge < -0.3 is 0 Å². The smallest absolute Gasteiger partial charge is 0.211 e. The van der Waals surface area contributed by atoms with Crippen LogP contribution in [0.25, 0.3) is 0 Å². The minimum Gasteiger partial charge on any atom is -0.211 e. The molecule has 0 saturated heterocycles. The standard InChI is InChI=1S/C8H11NO/c10-7-9-6-8-4-2-1-3-5-8/h6H,1-5H2. The fourth-order valence-corrected chi connectivity index (χ4v) is 1.25. The lowest BCUT2D eigenvalue weighted by molar-refractivity contribution is 0.564. The quantitative estimate of drug-likeness (QED) is 0.402. The van der Waals surface area contributed by atoms with Crippen molar-refractivity contribution in [2.75, 3.05) is 0 Å². The first-order valence-corrected chi connectivity index (χ1v) is 3.68. The van der Waals surface area contributed by atoms with Gasteiger partial charge in [0.1, 0.15) is 0 Å². The van der Waals surface area contributed by atoms with Crippen LogP contribution in [0.15, 0.2) is 16.8 Å². The van der Waals surface area contributed by atoms with E-state index in [1.807, 2.05) is 0 Å². The van der Waals surface area contributed by atoms with Crippen LogP contribution >= 0.6 is 0 Å². The molecule has 0 aliphatic heterocycles. The lowest BCUT2D eigenvalue weighted by Crippen LogP contribution is -1.92. The van der Waals surface area contributed by atoms with Crippen molar-refractivity contribution in [1.82, 2.24) is 0 Å². The number of allylic oxidation sites excluding steroid dienone is 1. The molecule has 2 nitrogen and oxygen atoms in total. The highest BCUT2D eigenvalue weighted by Gasteiger charge is 2.03. The largest absolute Gasteiger partial charge is 0.239 e. The Balaban J connectivity index is 2.44. The zero-order valence-electron chi connectivity index (χ0n) is 5.97. The van der Waals surface area contributed by atoms with Crippen LogP contribution in [0.4, 0.5) is 0 Å². The molecule has 0 aromatic heterocycles. The third-order valence-corrected chi connectivity index (χ3v) is 1.80. The van der Waals surface area contributed by atoms with Crippen molar-refractivity contribution in [2.45, 2.75) is 32.1 Å². The van der Waals surface area contributed by atoms with Crippen molar-refractivity contribution < 1.29 is 4.79 Å². The molecule has 2 heteroatoms. The number of hydrogen-bond donors (Lipinski definition) is 0. The van der Waals surface area contributed by atoms with Gasteiger partial charge in [-0.3, -0.25) is 0 Å². The molecule has 1 aliphatic rings. The van der Waals surface area contributed by atoms with E-state index < -0.39 is 0 Å². The van der Waals surface area contributed by atoms with Crippen molar-refractivity contribution >= 4 is 6.08 Å². The van der Waals surface area contributed by atoms with Crippen LogP contribution in [0.5, 0.6) is 0 Å². The SMILES string of the molecule is O=C=NC=C1CCCCC1. The lowest BCUT2D eigenvalue weighted by atomic mass is 9.96. The summed E-state index contributed by atoms with van der Waals surface area (Å²) < 4.78 is 0. The van der Waals surface area contributed by atoms with Gasteiger partial charge in [0.05, 0.1) is 0 Å². The van der Waals surface area contributed by atoms with E-state index in [-0.39, 0.29) is 0 Å². The van der Waals surface area contributed by atoms with Crippen LogP contribution in [0.3, 0.4) is 0 Å². The molecule has 0 bridgehead atoms. The summed E-state index contributed by atoms with van der Waals surface area (Å²) in [4.78, 5) is 13.1. The van der Waals surface area contributed by atoms with Crippen LogP contribution in [0.1, 0.15) is 32.1 Å². The van der Waals surface area contributed by atoms with E-state index in [2.05, 4.69) is 4.99 Å². The van der Waals surface area contributed by atoms with Gasteiger partial charge in [0.25, 0.3) is 0 Å². The minimum absolute atomic E-state index is 1.12. The van der Waals surface area contributed by atoms with Gasteiger partial charge in [-0.05, 0) is 25.7 Å². The zero-order valence-corrected chi connectivity index (χ0v) is 5.97. The van der Waals surface area contributed by atoms with Crippen LogP contribution in [0, 0.1) is 0 Å². The maximum atomic E-state index is 9.71. The fraction of sp³-hybridized carbons (Fsp3) is 0.625. The predicted molar refractivity (Wildman–Crippen MR) is 39.3 cm³/mol. The van der Waals surface area contributed by atoms with Crippen molar-refractivity contribution in [3.63, 3.8) is 0 Å². The lowest BCUT2D eigenvalue weighted by Gasteiger charge is -2.11. The maximum Gasteiger partial charge on any atom is 0.239 e. The van der Waals surface area contributed by atoms with Crippen molar-refractivity contribution in [2.24, 2.45) is 4.99 Å². The van der Waals surface area contributed by atoms with Gasteiger partial charge in [-0.1, -0.05) is 12.0 Å². The summed E-state index contributed by atoms with van der Waals surface area (Å²) >= 11 is 0. The van der Waals surface area contributed by atoms with Gasteiger partial charge in [-0.2, -0.15) is 4.99 Å². The van der Waals surface area contributed by atoms with E-state index in [4.69, 9.17) is 0 Å². The first-order chi connectivity index (χ1) is 4.93. The molecule has 1 aliphatic carbocycles. The molecule has 0 atom stereocenters. The molecule has 1 saturated carbocycles. The summed E-state index contributed by atoms with van der Waals surface area (Å²) in [5.74, 6) is 0. The number of hydrogen-bond acceptors (Lipinski definition) is 2. The monoisotopic (exact) mass is 137 g/mol. The van der Waals surface area contributed by atoms with Gasteiger partial charge in [-0.15, -0.1) is 0 Å². The Bertz CT molecular complexity index is 170. The highest BCUT2D eigenvalue weighted by atomic mass is 16.1. The molecule has 1 rings (SSSR count). The molecule has 54 valence electrons. The summed E-state index contributed by atoms with van der Waals surface area (Å²) in [7, 11) is 0. The highest BCUT2D eigenvalue weighted by molar-refractivity contribution is 5.35. The summed E-state index contributed by atoms with van der Waals surface area (Å²) in [6.45, 7) is 0. The Morgan fingerprint density at radius 3 is 2.60 bits per heavy atom. The molecule has 10 heavy (non-hydrogen) atoms. The summed E-state index contributed by atoms with van der Waals surface area (Å²) in [6.07, 6.45) is 9.23. The third kappa shape index (κ3) is 2.16. The zero-order chi connectivity index (χ0) is 7.23. The second-order valence-corrected chi connectivity index (χ2v) is 2.57. The summed E-state index contributed by atoms with van der Waals surface area (Å²) in [5, 5.41) is 0. The van der Waals surface area contributed by atoms with Gasteiger partial charge in [0, 0.05) is 6.20 Å². The molecular formula is C8H11NO. The molecule has 0 N–H and O–H groups in total. The van der Waals surface area contributed by atoms with Crippen molar-refractivity contribution in [1.29, 1.82) is 0 Å². The molecule has 0 unspecified atom stereocenters. The van der Waals surface area contributed by atoms with Crippen molar-refractivity contribution in [3.05, 3.63) is 11.8 Å². The summed E-state index contributed by atoms with van der Waals surface area (Å²) in [6, 6.07) is 0. The Morgan fingerprint density at radius 1 is 1.30 bits per heavy atom. The third-order valence-electron chi connectivity index (χ3n) is 1.80. The number of rotatable bonds is 1. The Hall–Kier alpha value is -0.880. The molecule has 0 spiro atoms. The van der Waals surface area contributed by atoms with E-state index in [0.717, 1.165) is 12.8 Å². The molecule has 0 aromatic carbocycles. The minimum atomic E-state index is 1.12. The molecular weight excluding hydrogens is 126 g/mol. The van der Waals surface area contributed by atoms with E-state index in [9.17, 15) is 4.79 Å². The average Bonchev–Trinajstić information content (AvgIpc) is 2.03. The number of nitrogens with zero attached hydrogens (tertiary/aromatic N) is 1. The van der Waals surface area contributed by atoms with Crippen LogP contribution < -0.4 is 0 Å². The van der Waals surface area contributed by atoms with Crippen LogP contribution in [-0.2, 0) is 4.79 Å². The maximum absolute atomic E-state index is 9.71. The fourth-order valence-electron chi connectivity index (χ4n) is 1.25. The van der Waals surface area contributed by atoms with Gasteiger partial charge in [-0.25, -0.2) is 4.79 Å². The Morgan fingerprint density at radius 2 is 2.00 bits per heavy atom. The van der Waals surface area contributed by atoms with Gasteiger partial charge in [0.2, 0.25) is 6.08 Å². The second kappa shape index (κ2) is 4.02. The van der Waals surface area contributed by atoms with Gasteiger partial charge in [0.15, 0.2) is 0 Å². The molecule has 0 radical (unpaired) electrons. The molecule has 1 fully saturated rings. The Labute approximate surface area is 60.7 Å². The summed E-state index contributed by atoms with van der Waals surface area (Å²) in [5.41, 5.74) is 1.30. The van der Waals surface area contributed by atoms with Crippen LogP contribution in [0.2, 0.25) is 0 Å². The Kier molecular flexibility index (Phi) is 2.91. The highest BCUT2D eigenvalue weighted by Crippen LogP contribution is 2.22. The number of aliphatic imine (C=N–C) groups is 1. The van der Waals surface area contributed by atoms with E-state index in [0.29, 0.717) is 0 Å². The van der Waals surface area contributed by atoms with Crippen molar-refractivity contribution in [3.8, 4) is 0 Å². The first-order valence-electron chi connectivity index (χ1n) is 3.68. The molecule has 0 amide bonds. The van der Waals surface area contributed by atoms with E-state index in [1.54, 1.807) is 6.20 Å². The second-order valence-electron chi connectivity index (χ2n) is 2.57. The molecule has 0 heterocycles. The van der Waals surface area contributed by atoms with Crippen LogP contribution in [-0.4, -0.2) is 6.08 Å². The van der Waals surface area contributed by atoms with E-state index >= 15 is 0 Å². The number of carbonyl (C=O) groups excluding carboxylic acids is 1. The van der Waals surface area contributed by atoms with Gasteiger partial charge >= 0.3 is 0 Å².